The molecule has 0 amide bonds. The van der Waals surface area contributed by atoms with Crippen molar-refractivity contribution < 1.29 is 0 Å². The monoisotopic (exact) mass is 196 g/mol. The van der Waals surface area contributed by atoms with Gasteiger partial charge in [-0.2, -0.15) is 0 Å². The molecule has 2 aliphatic rings. The Morgan fingerprint density at radius 1 is 1.14 bits per heavy atom. The molecule has 2 N–H and O–H groups in total. The number of likely N-dealkylation sites (tertiary alicyclic amines) is 1. The fourth-order valence-electron chi connectivity index (χ4n) is 2.93. The third-order valence-corrected chi connectivity index (χ3v) is 3.92. The van der Waals surface area contributed by atoms with Crippen molar-refractivity contribution >= 4 is 0 Å². The Bertz CT molecular complexity index is 173. The molecule has 0 spiro atoms. The first-order valence-corrected chi connectivity index (χ1v) is 6.22. The zero-order chi connectivity index (χ0) is 9.97. The summed E-state index contributed by atoms with van der Waals surface area (Å²) in [4.78, 5) is 2.66. The average Bonchev–Trinajstić information content (AvgIpc) is 2.56. The Morgan fingerprint density at radius 2 is 1.86 bits per heavy atom. The van der Waals surface area contributed by atoms with E-state index >= 15 is 0 Å². The molecule has 0 aromatic carbocycles. The number of nitrogens with zero attached hydrogens (tertiary/aromatic N) is 1. The first-order valence-electron chi connectivity index (χ1n) is 6.22. The normalized spacial score (nSPS) is 40.3. The van der Waals surface area contributed by atoms with Crippen molar-refractivity contribution in [3.63, 3.8) is 0 Å². The number of hydrogen-bond acceptors (Lipinski definition) is 2. The summed E-state index contributed by atoms with van der Waals surface area (Å²) in [6.07, 6.45) is 6.66. The van der Waals surface area contributed by atoms with Crippen LogP contribution in [0.15, 0.2) is 0 Å². The van der Waals surface area contributed by atoms with Crippen LogP contribution < -0.4 is 5.73 Å². The number of rotatable bonds is 2. The highest BCUT2D eigenvalue weighted by Crippen LogP contribution is 2.26. The van der Waals surface area contributed by atoms with Crippen molar-refractivity contribution in [2.24, 2.45) is 17.6 Å². The molecule has 0 bridgehead atoms. The second-order valence-electron chi connectivity index (χ2n) is 5.43. The van der Waals surface area contributed by atoms with Gasteiger partial charge in [0.1, 0.15) is 0 Å². The predicted molar refractivity (Wildman–Crippen MR) is 60.2 cm³/mol. The highest BCUT2D eigenvalue weighted by molar-refractivity contribution is 4.79. The van der Waals surface area contributed by atoms with Crippen molar-refractivity contribution in [3.8, 4) is 0 Å². The third kappa shape index (κ3) is 2.71. The minimum absolute atomic E-state index is 0.503. The van der Waals surface area contributed by atoms with Gasteiger partial charge in [0.2, 0.25) is 0 Å². The van der Waals surface area contributed by atoms with Crippen molar-refractivity contribution in [1.82, 2.24) is 4.90 Å². The maximum absolute atomic E-state index is 5.91. The lowest BCUT2D eigenvalue weighted by Gasteiger charge is -2.29. The molecule has 1 atom stereocenters. The summed E-state index contributed by atoms with van der Waals surface area (Å²) in [5.41, 5.74) is 5.91. The molecule has 0 aromatic rings. The van der Waals surface area contributed by atoms with E-state index in [9.17, 15) is 0 Å². The molecule has 82 valence electrons. The van der Waals surface area contributed by atoms with Crippen LogP contribution in [-0.4, -0.2) is 30.6 Å². The van der Waals surface area contributed by atoms with Gasteiger partial charge in [-0.25, -0.2) is 0 Å². The van der Waals surface area contributed by atoms with E-state index in [0.717, 1.165) is 11.8 Å². The van der Waals surface area contributed by atoms with Crippen LogP contribution in [0.25, 0.3) is 0 Å². The van der Waals surface area contributed by atoms with E-state index in [1.165, 1.54) is 51.7 Å². The summed E-state index contributed by atoms with van der Waals surface area (Å²) in [6, 6.07) is 0.503. The molecule has 1 saturated carbocycles. The Hall–Kier alpha value is -0.0800. The van der Waals surface area contributed by atoms with E-state index in [-0.39, 0.29) is 0 Å². The maximum atomic E-state index is 5.91. The molecular weight excluding hydrogens is 172 g/mol. The molecule has 1 unspecified atom stereocenters. The van der Waals surface area contributed by atoms with Crippen molar-refractivity contribution in [2.75, 3.05) is 19.6 Å². The second kappa shape index (κ2) is 4.63. The van der Waals surface area contributed by atoms with Crippen molar-refractivity contribution in [1.29, 1.82) is 0 Å². The Balaban J connectivity index is 1.70. The Labute approximate surface area is 87.8 Å². The summed E-state index contributed by atoms with van der Waals surface area (Å²) in [5.74, 6) is 1.88. The molecule has 1 aliphatic carbocycles. The van der Waals surface area contributed by atoms with Gasteiger partial charge in [0, 0.05) is 19.1 Å². The SMILES string of the molecule is CC1CCN(CC2CCC(N)CC2)C1. The van der Waals surface area contributed by atoms with E-state index in [1.807, 2.05) is 0 Å². The lowest BCUT2D eigenvalue weighted by atomic mass is 9.86. The van der Waals surface area contributed by atoms with Crippen LogP contribution in [0.1, 0.15) is 39.0 Å². The molecule has 1 aliphatic heterocycles. The van der Waals surface area contributed by atoms with Gasteiger partial charge in [-0.3, -0.25) is 0 Å². The summed E-state index contributed by atoms with van der Waals surface area (Å²) in [5, 5.41) is 0. The highest BCUT2D eigenvalue weighted by Gasteiger charge is 2.24. The van der Waals surface area contributed by atoms with Crippen molar-refractivity contribution in [3.05, 3.63) is 0 Å². The summed E-state index contributed by atoms with van der Waals surface area (Å²) in [6.45, 7) is 6.39. The van der Waals surface area contributed by atoms with Crippen LogP contribution in [0.3, 0.4) is 0 Å². The molecule has 2 rings (SSSR count). The molecule has 2 heteroatoms. The van der Waals surface area contributed by atoms with Crippen LogP contribution >= 0.6 is 0 Å². The molecule has 0 radical (unpaired) electrons. The van der Waals surface area contributed by atoms with Gasteiger partial charge in [0.15, 0.2) is 0 Å². The number of nitrogens with two attached hydrogens (primary N) is 1. The van der Waals surface area contributed by atoms with Gasteiger partial charge in [-0.1, -0.05) is 6.92 Å². The van der Waals surface area contributed by atoms with Gasteiger partial charge in [-0.05, 0) is 50.5 Å². The van der Waals surface area contributed by atoms with Gasteiger partial charge in [0.05, 0.1) is 0 Å². The maximum Gasteiger partial charge on any atom is 0.00390 e. The summed E-state index contributed by atoms with van der Waals surface area (Å²) < 4.78 is 0. The van der Waals surface area contributed by atoms with Crippen LogP contribution in [0, 0.1) is 11.8 Å². The lowest BCUT2D eigenvalue weighted by molar-refractivity contribution is 0.220. The highest BCUT2D eigenvalue weighted by atomic mass is 15.1. The standard InChI is InChI=1S/C12H24N2/c1-10-6-7-14(8-10)9-11-2-4-12(13)5-3-11/h10-12H,2-9,13H2,1H3. The minimum atomic E-state index is 0.503. The van der Waals surface area contributed by atoms with Gasteiger partial charge < -0.3 is 10.6 Å². The van der Waals surface area contributed by atoms with Crippen LogP contribution in [0.5, 0.6) is 0 Å². The summed E-state index contributed by atoms with van der Waals surface area (Å²) in [7, 11) is 0. The first kappa shape index (κ1) is 10.4. The zero-order valence-electron chi connectivity index (χ0n) is 9.41. The topological polar surface area (TPSA) is 29.3 Å². The molecule has 0 aromatic heterocycles. The second-order valence-corrected chi connectivity index (χ2v) is 5.43. The average molecular weight is 196 g/mol. The molecule has 2 nitrogen and oxygen atoms in total. The van der Waals surface area contributed by atoms with Gasteiger partial charge in [0.25, 0.3) is 0 Å². The molecular formula is C12H24N2. The minimum Gasteiger partial charge on any atom is -0.328 e. The lowest BCUT2D eigenvalue weighted by Crippen LogP contribution is -2.33. The molecule has 1 saturated heterocycles. The first-order chi connectivity index (χ1) is 6.74. The van der Waals surface area contributed by atoms with Crippen LogP contribution in [0.2, 0.25) is 0 Å². The van der Waals surface area contributed by atoms with Crippen LogP contribution in [0.4, 0.5) is 0 Å². The molecule has 1 heterocycles. The van der Waals surface area contributed by atoms with E-state index in [0.29, 0.717) is 6.04 Å². The van der Waals surface area contributed by atoms with Gasteiger partial charge >= 0.3 is 0 Å². The largest absolute Gasteiger partial charge is 0.328 e. The van der Waals surface area contributed by atoms with Crippen molar-refractivity contribution in [2.45, 2.75) is 45.1 Å². The van der Waals surface area contributed by atoms with Gasteiger partial charge in [-0.15, -0.1) is 0 Å². The summed E-state index contributed by atoms with van der Waals surface area (Å²) >= 11 is 0. The van der Waals surface area contributed by atoms with E-state index < -0.39 is 0 Å². The van der Waals surface area contributed by atoms with E-state index in [4.69, 9.17) is 5.73 Å². The Morgan fingerprint density at radius 3 is 2.43 bits per heavy atom. The quantitative estimate of drug-likeness (QED) is 0.730. The van der Waals surface area contributed by atoms with Crippen LogP contribution in [-0.2, 0) is 0 Å². The Kier molecular flexibility index (Phi) is 3.45. The predicted octanol–water partition coefficient (Wildman–Crippen LogP) is 1.85. The fourth-order valence-corrected chi connectivity index (χ4v) is 2.93. The van der Waals surface area contributed by atoms with E-state index in [1.54, 1.807) is 0 Å². The fraction of sp³-hybridized carbons (Fsp3) is 1.00. The molecule has 14 heavy (non-hydrogen) atoms. The zero-order valence-corrected chi connectivity index (χ0v) is 9.41. The van der Waals surface area contributed by atoms with E-state index in [2.05, 4.69) is 11.8 Å². The number of hydrogen-bond donors (Lipinski definition) is 1. The smallest absolute Gasteiger partial charge is 0.00390 e. The third-order valence-electron chi connectivity index (χ3n) is 3.92. The molecule has 2 fully saturated rings.